The normalized spacial score (nSPS) is 16.5. The van der Waals surface area contributed by atoms with E-state index < -0.39 is 0 Å². The minimum absolute atomic E-state index is 0.156. The van der Waals surface area contributed by atoms with Gasteiger partial charge in [-0.1, -0.05) is 42.5 Å². The Morgan fingerprint density at radius 1 is 1.12 bits per heavy atom. The molecule has 0 radical (unpaired) electrons. The van der Waals surface area contributed by atoms with Gasteiger partial charge in [-0.3, -0.25) is 9.88 Å². The highest BCUT2D eigenvalue weighted by Gasteiger charge is 2.30. The average Bonchev–Trinajstić information content (AvgIpc) is 2.67. The van der Waals surface area contributed by atoms with Gasteiger partial charge in [-0.25, -0.2) is 4.79 Å². The standard InChI is InChI=1S/C21H20N2O2/c1-2-25-21(24)23-14-17(13-16-8-4-6-10-20(16)23)19-12-11-15-7-3-5-9-18(15)22-19/h3-12,17H,2,13-14H2,1H3. The van der Waals surface area contributed by atoms with Crippen LogP contribution in [0.1, 0.15) is 24.1 Å². The van der Waals surface area contributed by atoms with Gasteiger partial charge in [-0.2, -0.15) is 0 Å². The summed E-state index contributed by atoms with van der Waals surface area (Å²) >= 11 is 0. The fourth-order valence-corrected chi connectivity index (χ4v) is 3.48. The molecule has 1 aliphatic heterocycles. The van der Waals surface area contributed by atoms with Gasteiger partial charge in [0, 0.05) is 23.5 Å². The largest absolute Gasteiger partial charge is 0.449 e. The molecule has 4 heteroatoms. The lowest BCUT2D eigenvalue weighted by molar-refractivity contribution is 0.158. The Hall–Kier alpha value is -2.88. The second-order valence-electron chi connectivity index (χ2n) is 6.27. The molecule has 1 amide bonds. The van der Waals surface area contributed by atoms with Crippen LogP contribution in [0.2, 0.25) is 0 Å². The molecule has 0 fully saturated rings. The number of pyridine rings is 1. The first-order valence-corrected chi connectivity index (χ1v) is 8.64. The summed E-state index contributed by atoms with van der Waals surface area (Å²) in [5.74, 6) is 0.156. The van der Waals surface area contributed by atoms with E-state index in [4.69, 9.17) is 9.72 Å². The molecule has 0 aliphatic carbocycles. The predicted molar refractivity (Wildman–Crippen MR) is 99.0 cm³/mol. The third-order valence-corrected chi connectivity index (χ3v) is 4.68. The quantitative estimate of drug-likeness (QED) is 0.692. The molecule has 1 aliphatic rings. The maximum absolute atomic E-state index is 12.4. The maximum atomic E-state index is 12.4. The predicted octanol–water partition coefficient (Wildman–Crippen LogP) is 4.54. The zero-order valence-electron chi connectivity index (χ0n) is 14.2. The average molecular weight is 332 g/mol. The Balaban J connectivity index is 1.72. The number of para-hydroxylation sites is 2. The molecule has 1 aromatic heterocycles. The number of fused-ring (bicyclic) bond motifs is 2. The van der Waals surface area contributed by atoms with Gasteiger partial charge in [0.1, 0.15) is 0 Å². The molecular formula is C21H20N2O2. The van der Waals surface area contributed by atoms with Crippen molar-refractivity contribution in [1.82, 2.24) is 4.98 Å². The molecule has 0 saturated heterocycles. The molecule has 25 heavy (non-hydrogen) atoms. The van der Waals surface area contributed by atoms with Crippen molar-refractivity contribution in [2.75, 3.05) is 18.1 Å². The number of nitrogens with zero attached hydrogens (tertiary/aromatic N) is 2. The van der Waals surface area contributed by atoms with E-state index in [2.05, 4.69) is 24.3 Å². The van der Waals surface area contributed by atoms with Crippen molar-refractivity contribution in [2.45, 2.75) is 19.3 Å². The van der Waals surface area contributed by atoms with Crippen LogP contribution in [-0.2, 0) is 11.2 Å². The number of ether oxygens (including phenoxy) is 1. The number of carbonyl (C=O) groups is 1. The van der Waals surface area contributed by atoms with Gasteiger partial charge in [-0.15, -0.1) is 0 Å². The van der Waals surface area contributed by atoms with Crippen molar-refractivity contribution in [3.05, 3.63) is 71.9 Å². The number of anilines is 1. The molecule has 4 nitrogen and oxygen atoms in total. The topological polar surface area (TPSA) is 42.4 Å². The van der Waals surface area contributed by atoms with E-state index in [0.717, 1.165) is 34.3 Å². The number of rotatable bonds is 2. The van der Waals surface area contributed by atoms with Crippen LogP contribution >= 0.6 is 0 Å². The number of carbonyl (C=O) groups excluding carboxylic acids is 1. The van der Waals surface area contributed by atoms with Crippen LogP contribution in [0.25, 0.3) is 10.9 Å². The van der Waals surface area contributed by atoms with E-state index in [-0.39, 0.29) is 12.0 Å². The summed E-state index contributed by atoms with van der Waals surface area (Å²) in [5.41, 5.74) is 4.10. The molecule has 126 valence electrons. The molecule has 3 aromatic rings. The second kappa shape index (κ2) is 6.55. The van der Waals surface area contributed by atoms with Crippen LogP contribution in [0, 0.1) is 0 Å². The van der Waals surface area contributed by atoms with Gasteiger partial charge in [-0.05, 0) is 37.1 Å². The van der Waals surface area contributed by atoms with Crippen molar-refractivity contribution in [3.63, 3.8) is 0 Å². The minimum atomic E-state index is -0.291. The Kier molecular flexibility index (Phi) is 4.10. The van der Waals surface area contributed by atoms with Crippen molar-refractivity contribution in [1.29, 1.82) is 0 Å². The highest BCUT2D eigenvalue weighted by Crippen LogP contribution is 2.34. The molecule has 1 unspecified atom stereocenters. The van der Waals surface area contributed by atoms with E-state index in [0.29, 0.717) is 13.2 Å². The monoisotopic (exact) mass is 332 g/mol. The van der Waals surface area contributed by atoms with Crippen molar-refractivity contribution in [3.8, 4) is 0 Å². The summed E-state index contributed by atoms with van der Waals surface area (Å²) in [6, 6.07) is 20.3. The Bertz CT molecular complexity index is 922. The first-order valence-electron chi connectivity index (χ1n) is 8.64. The summed E-state index contributed by atoms with van der Waals surface area (Å²) in [6.07, 6.45) is 0.581. The molecule has 2 aromatic carbocycles. The third kappa shape index (κ3) is 2.95. The van der Waals surface area contributed by atoms with E-state index >= 15 is 0 Å². The van der Waals surface area contributed by atoms with Gasteiger partial charge in [0.15, 0.2) is 0 Å². The zero-order valence-corrected chi connectivity index (χ0v) is 14.2. The van der Waals surface area contributed by atoms with E-state index in [1.807, 2.05) is 43.3 Å². The van der Waals surface area contributed by atoms with E-state index in [1.165, 1.54) is 0 Å². The summed E-state index contributed by atoms with van der Waals surface area (Å²) in [4.78, 5) is 19.0. The van der Waals surface area contributed by atoms with E-state index in [9.17, 15) is 4.79 Å². The van der Waals surface area contributed by atoms with Crippen LogP contribution in [0.3, 0.4) is 0 Å². The van der Waals surface area contributed by atoms with Crippen LogP contribution in [0.15, 0.2) is 60.7 Å². The molecule has 2 heterocycles. The van der Waals surface area contributed by atoms with Crippen molar-refractivity contribution in [2.24, 2.45) is 0 Å². The molecular weight excluding hydrogens is 312 g/mol. The molecule has 0 N–H and O–H groups in total. The minimum Gasteiger partial charge on any atom is -0.449 e. The summed E-state index contributed by atoms with van der Waals surface area (Å²) < 4.78 is 5.26. The lowest BCUT2D eigenvalue weighted by atomic mass is 9.89. The lowest BCUT2D eigenvalue weighted by Gasteiger charge is -2.33. The SMILES string of the molecule is CCOC(=O)N1CC(c2ccc3ccccc3n2)Cc2ccccc21. The summed E-state index contributed by atoms with van der Waals surface area (Å²) in [6.45, 7) is 2.79. The Morgan fingerprint density at radius 3 is 2.80 bits per heavy atom. The summed E-state index contributed by atoms with van der Waals surface area (Å²) in [7, 11) is 0. The first-order chi connectivity index (χ1) is 12.3. The van der Waals surface area contributed by atoms with Gasteiger partial charge in [0.25, 0.3) is 0 Å². The zero-order chi connectivity index (χ0) is 17.2. The van der Waals surface area contributed by atoms with Crippen LogP contribution in [0.5, 0.6) is 0 Å². The van der Waals surface area contributed by atoms with Gasteiger partial charge in [0.2, 0.25) is 0 Å². The molecule has 4 rings (SSSR count). The highest BCUT2D eigenvalue weighted by atomic mass is 16.6. The molecule has 0 bridgehead atoms. The molecule has 1 atom stereocenters. The number of aromatic nitrogens is 1. The third-order valence-electron chi connectivity index (χ3n) is 4.68. The smallest absolute Gasteiger partial charge is 0.414 e. The van der Waals surface area contributed by atoms with Crippen molar-refractivity contribution < 1.29 is 9.53 Å². The molecule has 0 saturated carbocycles. The summed E-state index contributed by atoms with van der Waals surface area (Å²) in [5, 5.41) is 1.13. The fraction of sp³-hybridized carbons (Fsp3) is 0.238. The van der Waals surface area contributed by atoms with Crippen LogP contribution in [0.4, 0.5) is 10.5 Å². The highest BCUT2D eigenvalue weighted by molar-refractivity contribution is 5.89. The van der Waals surface area contributed by atoms with Gasteiger partial charge in [0.05, 0.1) is 17.8 Å². The van der Waals surface area contributed by atoms with Gasteiger partial charge >= 0.3 is 6.09 Å². The lowest BCUT2D eigenvalue weighted by Crippen LogP contribution is -2.39. The van der Waals surface area contributed by atoms with Crippen LogP contribution < -0.4 is 4.90 Å². The maximum Gasteiger partial charge on any atom is 0.414 e. The first kappa shape index (κ1) is 15.6. The second-order valence-corrected chi connectivity index (χ2v) is 6.27. The Labute approximate surface area is 147 Å². The molecule has 0 spiro atoms. The van der Waals surface area contributed by atoms with Crippen LogP contribution in [-0.4, -0.2) is 24.2 Å². The fourth-order valence-electron chi connectivity index (χ4n) is 3.48. The Morgan fingerprint density at radius 2 is 1.92 bits per heavy atom. The number of hydrogen-bond acceptors (Lipinski definition) is 3. The van der Waals surface area contributed by atoms with Gasteiger partial charge < -0.3 is 4.74 Å². The number of benzene rings is 2. The van der Waals surface area contributed by atoms with Crippen molar-refractivity contribution >= 4 is 22.7 Å². The number of amides is 1. The van der Waals surface area contributed by atoms with E-state index in [1.54, 1.807) is 4.90 Å². The number of hydrogen-bond donors (Lipinski definition) is 0.